The molecule has 114 valence electrons. The van der Waals surface area contributed by atoms with Crippen molar-refractivity contribution in [2.75, 3.05) is 6.61 Å². The molecule has 3 N–H and O–H groups in total. The lowest BCUT2D eigenvalue weighted by Crippen LogP contribution is -2.13. The van der Waals surface area contributed by atoms with Gasteiger partial charge in [0, 0.05) is 17.1 Å². The Kier molecular flexibility index (Phi) is 3.85. The van der Waals surface area contributed by atoms with Crippen molar-refractivity contribution in [3.05, 3.63) is 54.0 Å². The van der Waals surface area contributed by atoms with E-state index in [1.807, 2.05) is 18.2 Å². The maximum Gasteiger partial charge on any atom is 0.271 e. The summed E-state index contributed by atoms with van der Waals surface area (Å²) in [6, 6.07) is 8.76. The predicted octanol–water partition coefficient (Wildman–Crippen LogP) is 2.06. The molecule has 1 aromatic carbocycles. The van der Waals surface area contributed by atoms with Gasteiger partial charge in [-0.2, -0.15) is 0 Å². The topological polar surface area (TPSA) is 98.6 Å². The molecule has 0 unspecified atom stereocenters. The van der Waals surface area contributed by atoms with Crippen LogP contribution in [0, 0.1) is 11.8 Å². The number of aromatic hydroxyl groups is 1. The van der Waals surface area contributed by atoms with E-state index >= 15 is 0 Å². The number of pyridine rings is 1. The Morgan fingerprint density at radius 2 is 2.26 bits per heavy atom. The number of hydrogen-bond acceptors (Lipinski definition) is 5. The van der Waals surface area contributed by atoms with Crippen molar-refractivity contribution in [2.45, 2.75) is 0 Å². The lowest BCUT2D eigenvalue weighted by atomic mass is 10.2. The summed E-state index contributed by atoms with van der Waals surface area (Å²) < 4.78 is 10.9. The van der Waals surface area contributed by atoms with E-state index in [9.17, 15) is 9.90 Å². The highest BCUT2D eigenvalue weighted by atomic mass is 16.5. The van der Waals surface area contributed by atoms with E-state index in [1.54, 1.807) is 12.3 Å². The van der Waals surface area contributed by atoms with Gasteiger partial charge in [-0.05, 0) is 18.2 Å². The monoisotopic (exact) mass is 308 g/mol. The number of hydrogen-bond donors (Lipinski definition) is 2. The molecule has 0 aliphatic rings. The van der Waals surface area contributed by atoms with E-state index in [2.05, 4.69) is 16.8 Å². The van der Waals surface area contributed by atoms with Gasteiger partial charge < -0.3 is 20.0 Å². The van der Waals surface area contributed by atoms with Crippen LogP contribution in [0.2, 0.25) is 0 Å². The number of rotatable bonds is 3. The highest BCUT2D eigenvalue weighted by molar-refractivity contribution is 5.93. The SMILES string of the molecule is NC(=O)c1ncc(C#CCOc2cccc3ccoc23)cc1O. The number of amides is 1. The van der Waals surface area contributed by atoms with Crippen LogP contribution in [0.4, 0.5) is 0 Å². The molecule has 0 saturated carbocycles. The van der Waals surface area contributed by atoms with Crippen LogP contribution >= 0.6 is 0 Å². The molecule has 6 nitrogen and oxygen atoms in total. The van der Waals surface area contributed by atoms with Crippen LogP contribution in [0.5, 0.6) is 11.5 Å². The number of para-hydroxylation sites is 1. The molecular weight excluding hydrogens is 296 g/mol. The molecule has 3 rings (SSSR count). The lowest BCUT2D eigenvalue weighted by Gasteiger charge is -2.02. The molecule has 0 spiro atoms. The lowest BCUT2D eigenvalue weighted by molar-refractivity contribution is 0.0993. The minimum atomic E-state index is -0.795. The van der Waals surface area contributed by atoms with E-state index in [0.717, 1.165) is 5.39 Å². The van der Waals surface area contributed by atoms with Gasteiger partial charge in [0.05, 0.1) is 6.26 Å². The number of nitrogens with two attached hydrogens (primary N) is 1. The van der Waals surface area contributed by atoms with Gasteiger partial charge in [-0.25, -0.2) is 4.98 Å². The summed E-state index contributed by atoms with van der Waals surface area (Å²) in [6.45, 7) is 0.137. The Labute approximate surface area is 131 Å². The van der Waals surface area contributed by atoms with Crippen LogP contribution in [0.3, 0.4) is 0 Å². The molecule has 3 aromatic rings. The highest BCUT2D eigenvalue weighted by Gasteiger charge is 2.08. The van der Waals surface area contributed by atoms with Crippen molar-refractivity contribution in [3.63, 3.8) is 0 Å². The highest BCUT2D eigenvalue weighted by Crippen LogP contribution is 2.26. The van der Waals surface area contributed by atoms with Gasteiger partial charge in [0.2, 0.25) is 0 Å². The summed E-state index contributed by atoms with van der Waals surface area (Å²) in [7, 11) is 0. The molecule has 0 aliphatic carbocycles. The Balaban J connectivity index is 1.70. The summed E-state index contributed by atoms with van der Waals surface area (Å²) >= 11 is 0. The molecule has 6 heteroatoms. The Morgan fingerprint density at radius 3 is 3.04 bits per heavy atom. The van der Waals surface area contributed by atoms with Crippen molar-refractivity contribution < 1.29 is 19.1 Å². The number of furan rings is 1. The maximum absolute atomic E-state index is 11.0. The zero-order valence-electron chi connectivity index (χ0n) is 11.9. The molecule has 0 atom stereocenters. The van der Waals surface area contributed by atoms with Crippen molar-refractivity contribution in [1.29, 1.82) is 0 Å². The number of carbonyl (C=O) groups excluding carboxylic acids is 1. The smallest absolute Gasteiger partial charge is 0.271 e. The standard InChI is InChI=1S/C17H12N2O4/c18-17(21)15-13(20)9-11(10-19-15)3-2-7-22-14-5-1-4-12-6-8-23-16(12)14/h1,4-6,8-10,20H,7H2,(H2,18,21). The van der Waals surface area contributed by atoms with Crippen molar-refractivity contribution in [2.24, 2.45) is 5.73 Å². The van der Waals surface area contributed by atoms with Gasteiger partial charge in [-0.1, -0.05) is 24.0 Å². The first-order chi connectivity index (χ1) is 11.1. The van der Waals surface area contributed by atoms with Crippen LogP contribution in [0.15, 0.2) is 47.2 Å². The maximum atomic E-state index is 11.0. The fraction of sp³-hybridized carbons (Fsp3) is 0.0588. The first-order valence-electron chi connectivity index (χ1n) is 6.72. The van der Waals surface area contributed by atoms with Crippen molar-refractivity contribution in [3.8, 4) is 23.3 Å². The zero-order valence-corrected chi connectivity index (χ0v) is 11.9. The number of primary amides is 1. The number of nitrogens with zero attached hydrogens (tertiary/aromatic N) is 1. The van der Waals surface area contributed by atoms with E-state index < -0.39 is 5.91 Å². The van der Waals surface area contributed by atoms with Gasteiger partial charge in [0.1, 0.15) is 12.4 Å². The Hall–Kier alpha value is -3.46. The number of aromatic nitrogens is 1. The van der Waals surface area contributed by atoms with E-state index in [0.29, 0.717) is 16.9 Å². The molecule has 0 saturated heterocycles. The van der Waals surface area contributed by atoms with Crippen LogP contribution in [-0.2, 0) is 0 Å². The number of fused-ring (bicyclic) bond motifs is 1. The molecule has 0 aliphatic heterocycles. The van der Waals surface area contributed by atoms with Crippen LogP contribution in [-0.4, -0.2) is 22.6 Å². The first kappa shape index (κ1) is 14.5. The Morgan fingerprint density at radius 1 is 1.39 bits per heavy atom. The van der Waals surface area contributed by atoms with E-state index in [1.165, 1.54) is 12.3 Å². The number of ether oxygens (including phenoxy) is 1. The van der Waals surface area contributed by atoms with Crippen molar-refractivity contribution in [1.82, 2.24) is 4.98 Å². The van der Waals surface area contributed by atoms with Gasteiger partial charge in [-0.15, -0.1) is 0 Å². The first-order valence-corrected chi connectivity index (χ1v) is 6.72. The molecule has 1 amide bonds. The minimum absolute atomic E-state index is 0.137. The third kappa shape index (κ3) is 3.09. The average Bonchev–Trinajstić information content (AvgIpc) is 3.00. The number of carbonyl (C=O) groups is 1. The second-order valence-corrected chi connectivity index (χ2v) is 4.64. The Bertz CT molecular complexity index is 934. The predicted molar refractivity (Wildman–Crippen MR) is 83.0 cm³/mol. The third-order valence-corrected chi connectivity index (χ3v) is 3.08. The van der Waals surface area contributed by atoms with Crippen LogP contribution in [0.25, 0.3) is 11.0 Å². The summed E-state index contributed by atoms with van der Waals surface area (Å²) in [4.78, 5) is 14.7. The molecule has 2 heterocycles. The quantitative estimate of drug-likeness (QED) is 0.722. The summed E-state index contributed by atoms with van der Waals surface area (Å²) in [5.74, 6) is 5.09. The zero-order chi connectivity index (χ0) is 16.2. The van der Waals surface area contributed by atoms with E-state index in [-0.39, 0.29) is 18.1 Å². The molecule has 2 aromatic heterocycles. The molecule has 0 bridgehead atoms. The third-order valence-electron chi connectivity index (χ3n) is 3.08. The van der Waals surface area contributed by atoms with Crippen molar-refractivity contribution >= 4 is 16.9 Å². The molecule has 0 radical (unpaired) electrons. The molecule has 23 heavy (non-hydrogen) atoms. The van der Waals surface area contributed by atoms with Gasteiger partial charge in [-0.3, -0.25) is 4.79 Å². The fourth-order valence-electron chi connectivity index (χ4n) is 2.04. The summed E-state index contributed by atoms with van der Waals surface area (Å²) in [6.07, 6.45) is 2.96. The fourth-order valence-corrected chi connectivity index (χ4v) is 2.04. The number of benzene rings is 1. The van der Waals surface area contributed by atoms with Crippen LogP contribution < -0.4 is 10.5 Å². The molecule has 0 fully saturated rings. The molecular formula is C17H12N2O4. The second-order valence-electron chi connectivity index (χ2n) is 4.64. The normalized spacial score (nSPS) is 10.1. The summed E-state index contributed by atoms with van der Waals surface area (Å²) in [5, 5.41) is 10.6. The van der Waals surface area contributed by atoms with E-state index in [4.69, 9.17) is 14.9 Å². The van der Waals surface area contributed by atoms with Crippen LogP contribution in [0.1, 0.15) is 16.1 Å². The second kappa shape index (κ2) is 6.12. The van der Waals surface area contributed by atoms with Gasteiger partial charge in [0.15, 0.2) is 17.0 Å². The summed E-state index contributed by atoms with van der Waals surface area (Å²) in [5.41, 5.74) is 5.99. The average molecular weight is 308 g/mol. The minimum Gasteiger partial charge on any atom is -0.505 e. The largest absolute Gasteiger partial charge is 0.505 e. The van der Waals surface area contributed by atoms with Gasteiger partial charge in [0.25, 0.3) is 5.91 Å². The van der Waals surface area contributed by atoms with Gasteiger partial charge >= 0.3 is 0 Å².